The third kappa shape index (κ3) is 3.02. The molecule has 3 amide bonds. The minimum Gasteiger partial charge on any atom is -0.361 e. The third-order valence-corrected chi connectivity index (χ3v) is 5.04. The number of amides is 3. The Balaban J connectivity index is 1.36. The Bertz CT molecular complexity index is 1200. The van der Waals surface area contributed by atoms with Gasteiger partial charge in [0.25, 0.3) is 5.91 Å². The van der Waals surface area contributed by atoms with Gasteiger partial charge in [-0.15, -0.1) is 5.10 Å². The van der Waals surface area contributed by atoms with Gasteiger partial charge in [0.1, 0.15) is 6.04 Å². The van der Waals surface area contributed by atoms with Crippen LogP contribution < -0.4 is 5.32 Å². The van der Waals surface area contributed by atoms with Crippen molar-refractivity contribution in [3.05, 3.63) is 72.2 Å². The molecular formula is C20H17N7O2. The van der Waals surface area contributed by atoms with Crippen LogP contribution in [0.15, 0.2) is 60.8 Å². The fourth-order valence-corrected chi connectivity index (χ4v) is 3.60. The van der Waals surface area contributed by atoms with E-state index < -0.39 is 12.1 Å². The highest BCUT2D eigenvalue weighted by Crippen LogP contribution is 2.22. The molecule has 1 aliphatic rings. The number of rotatable bonds is 5. The first-order chi connectivity index (χ1) is 14.2. The molecule has 1 atom stereocenters. The van der Waals surface area contributed by atoms with Crippen LogP contribution in [-0.4, -0.2) is 48.1 Å². The molecule has 9 heteroatoms. The number of hydrogen-bond donors (Lipinski definition) is 2. The Morgan fingerprint density at radius 3 is 2.66 bits per heavy atom. The fraction of sp³-hybridized carbons (Fsp3) is 0.150. The smallest absolute Gasteiger partial charge is 0.325 e. The number of nitrogens with zero attached hydrogens (tertiary/aromatic N) is 5. The van der Waals surface area contributed by atoms with E-state index in [0.717, 1.165) is 27.1 Å². The topological polar surface area (TPSA) is 109 Å². The van der Waals surface area contributed by atoms with E-state index in [-0.39, 0.29) is 12.5 Å². The van der Waals surface area contributed by atoms with E-state index in [1.54, 1.807) is 0 Å². The SMILES string of the molecule is O=C1NC(Cc2c[nH]c3ccccc23)C(=O)N1Cc1nnnn1-c1ccccc1. The number of nitrogens with one attached hydrogen (secondary N) is 2. The molecule has 29 heavy (non-hydrogen) atoms. The van der Waals surface area contributed by atoms with Crippen LogP contribution in [0.4, 0.5) is 4.79 Å². The van der Waals surface area contributed by atoms with Gasteiger partial charge < -0.3 is 10.3 Å². The van der Waals surface area contributed by atoms with Crippen molar-refractivity contribution in [3.63, 3.8) is 0 Å². The van der Waals surface area contributed by atoms with Gasteiger partial charge >= 0.3 is 6.03 Å². The lowest BCUT2D eigenvalue weighted by molar-refractivity contribution is -0.127. The molecule has 0 radical (unpaired) electrons. The minimum atomic E-state index is -0.622. The number of carbonyl (C=O) groups is 2. The quantitative estimate of drug-likeness (QED) is 0.508. The summed E-state index contributed by atoms with van der Waals surface area (Å²) in [4.78, 5) is 29.7. The highest BCUT2D eigenvalue weighted by atomic mass is 16.2. The third-order valence-electron chi connectivity index (χ3n) is 5.04. The summed E-state index contributed by atoms with van der Waals surface area (Å²) in [5.41, 5.74) is 2.74. The number of benzene rings is 2. The zero-order chi connectivity index (χ0) is 19.8. The second kappa shape index (κ2) is 6.86. The summed E-state index contributed by atoms with van der Waals surface area (Å²) in [6.45, 7) is -0.00303. The second-order valence-corrected chi connectivity index (χ2v) is 6.83. The first kappa shape index (κ1) is 17.1. The maximum absolute atomic E-state index is 12.9. The molecule has 0 saturated carbocycles. The van der Waals surface area contributed by atoms with Crippen LogP contribution in [-0.2, 0) is 17.8 Å². The largest absolute Gasteiger partial charge is 0.361 e. The number of imide groups is 1. The number of carbonyl (C=O) groups excluding carboxylic acids is 2. The molecule has 1 aliphatic heterocycles. The Morgan fingerprint density at radius 2 is 1.79 bits per heavy atom. The summed E-state index contributed by atoms with van der Waals surface area (Å²) < 4.78 is 1.52. The molecule has 144 valence electrons. The first-order valence-electron chi connectivity index (χ1n) is 9.20. The van der Waals surface area contributed by atoms with E-state index in [2.05, 4.69) is 25.8 Å². The Kier molecular flexibility index (Phi) is 4.05. The summed E-state index contributed by atoms with van der Waals surface area (Å²) in [6.07, 6.45) is 2.29. The van der Waals surface area contributed by atoms with Gasteiger partial charge in [0.05, 0.1) is 12.2 Å². The highest BCUT2D eigenvalue weighted by Gasteiger charge is 2.39. The number of fused-ring (bicyclic) bond motifs is 1. The number of aromatic amines is 1. The molecule has 2 aromatic heterocycles. The molecule has 0 aliphatic carbocycles. The lowest BCUT2D eigenvalue weighted by Gasteiger charge is -2.12. The molecule has 2 aromatic carbocycles. The number of H-pyrrole nitrogens is 1. The van der Waals surface area contributed by atoms with Gasteiger partial charge in [0.2, 0.25) is 0 Å². The number of para-hydroxylation sites is 2. The number of aromatic nitrogens is 5. The lowest BCUT2D eigenvalue weighted by atomic mass is 10.1. The van der Waals surface area contributed by atoms with Crippen LogP contribution in [0.5, 0.6) is 0 Å². The van der Waals surface area contributed by atoms with Gasteiger partial charge in [0, 0.05) is 23.5 Å². The fourth-order valence-electron chi connectivity index (χ4n) is 3.60. The van der Waals surface area contributed by atoms with Crippen LogP contribution in [0.2, 0.25) is 0 Å². The Morgan fingerprint density at radius 1 is 1.00 bits per heavy atom. The zero-order valence-electron chi connectivity index (χ0n) is 15.3. The van der Waals surface area contributed by atoms with Crippen molar-refractivity contribution < 1.29 is 9.59 Å². The standard InChI is InChI=1S/C20H17N7O2/c28-19-17(10-13-11-21-16-9-5-4-8-15(13)16)22-20(29)26(19)12-18-23-24-25-27(18)14-6-2-1-3-7-14/h1-9,11,17,21H,10,12H2,(H,22,29). The Hall–Kier alpha value is -4.01. The van der Waals surface area contributed by atoms with Gasteiger partial charge in [-0.25, -0.2) is 4.79 Å². The average molecular weight is 387 g/mol. The number of urea groups is 1. The van der Waals surface area contributed by atoms with E-state index in [9.17, 15) is 9.59 Å². The minimum absolute atomic E-state index is 0.00303. The predicted octanol–water partition coefficient (Wildman–Crippen LogP) is 1.81. The van der Waals surface area contributed by atoms with Gasteiger partial charge in [-0.1, -0.05) is 36.4 Å². The first-order valence-corrected chi connectivity index (χ1v) is 9.20. The summed E-state index contributed by atoms with van der Waals surface area (Å²) in [7, 11) is 0. The summed E-state index contributed by atoms with van der Waals surface area (Å²) >= 11 is 0. The molecule has 2 N–H and O–H groups in total. The van der Waals surface area contributed by atoms with Gasteiger partial charge in [-0.2, -0.15) is 4.68 Å². The molecule has 1 unspecified atom stereocenters. The van der Waals surface area contributed by atoms with Crippen LogP contribution >= 0.6 is 0 Å². The van der Waals surface area contributed by atoms with Crippen LogP contribution in [0, 0.1) is 0 Å². The van der Waals surface area contributed by atoms with Crippen molar-refractivity contribution in [1.82, 2.24) is 35.4 Å². The van der Waals surface area contributed by atoms with Gasteiger partial charge in [-0.3, -0.25) is 9.69 Å². The summed E-state index contributed by atoms with van der Waals surface area (Å²) in [6, 6.07) is 16.1. The normalized spacial score (nSPS) is 16.6. The predicted molar refractivity (Wildman–Crippen MR) is 104 cm³/mol. The second-order valence-electron chi connectivity index (χ2n) is 6.83. The van der Waals surface area contributed by atoms with E-state index in [4.69, 9.17) is 0 Å². The maximum atomic E-state index is 12.9. The molecular weight excluding hydrogens is 370 g/mol. The molecule has 9 nitrogen and oxygen atoms in total. The van der Waals surface area contributed by atoms with Crippen LogP contribution in [0.25, 0.3) is 16.6 Å². The number of hydrogen-bond acceptors (Lipinski definition) is 5. The zero-order valence-corrected chi connectivity index (χ0v) is 15.3. The summed E-state index contributed by atoms with van der Waals surface area (Å²) in [5, 5.41) is 15.5. The van der Waals surface area contributed by atoms with Gasteiger partial charge in [0.15, 0.2) is 5.82 Å². The summed E-state index contributed by atoms with van der Waals surface area (Å²) in [5.74, 6) is 0.121. The Labute approximate surface area is 165 Å². The van der Waals surface area contributed by atoms with E-state index in [1.807, 2.05) is 60.8 Å². The molecule has 1 saturated heterocycles. The van der Waals surface area contributed by atoms with E-state index >= 15 is 0 Å². The molecule has 5 rings (SSSR count). The maximum Gasteiger partial charge on any atom is 0.325 e. The average Bonchev–Trinajstić information content (AvgIpc) is 3.44. The van der Waals surface area contributed by atoms with E-state index in [1.165, 1.54) is 4.68 Å². The molecule has 0 spiro atoms. The van der Waals surface area contributed by atoms with Crippen molar-refractivity contribution >= 4 is 22.8 Å². The monoisotopic (exact) mass is 387 g/mol. The van der Waals surface area contributed by atoms with Crippen molar-refractivity contribution in [2.24, 2.45) is 0 Å². The van der Waals surface area contributed by atoms with Crippen LogP contribution in [0.1, 0.15) is 11.4 Å². The lowest BCUT2D eigenvalue weighted by Crippen LogP contribution is -2.33. The van der Waals surface area contributed by atoms with Crippen molar-refractivity contribution in [2.75, 3.05) is 0 Å². The van der Waals surface area contributed by atoms with Crippen molar-refractivity contribution in [1.29, 1.82) is 0 Å². The number of tetrazole rings is 1. The molecule has 4 aromatic rings. The van der Waals surface area contributed by atoms with Crippen molar-refractivity contribution in [2.45, 2.75) is 19.0 Å². The highest BCUT2D eigenvalue weighted by molar-refractivity contribution is 6.04. The van der Waals surface area contributed by atoms with E-state index in [0.29, 0.717) is 12.2 Å². The molecule has 0 bridgehead atoms. The molecule has 1 fully saturated rings. The van der Waals surface area contributed by atoms with Crippen molar-refractivity contribution in [3.8, 4) is 5.69 Å². The van der Waals surface area contributed by atoms with Crippen LogP contribution in [0.3, 0.4) is 0 Å². The van der Waals surface area contributed by atoms with Gasteiger partial charge in [-0.05, 0) is 34.2 Å². The molecule has 3 heterocycles.